The fourth-order valence-corrected chi connectivity index (χ4v) is 1.74. The number of amides is 1. The van der Waals surface area contributed by atoms with Crippen molar-refractivity contribution in [2.24, 2.45) is 0 Å². The summed E-state index contributed by atoms with van der Waals surface area (Å²) >= 11 is 0. The second-order valence-corrected chi connectivity index (χ2v) is 4.45. The molecule has 1 rings (SSSR count). The molecule has 18 heavy (non-hydrogen) atoms. The molecule has 4 heteroatoms. The third-order valence-electron chi connectivity index (χ3n) is 2.84. The molecule has 1 amide bonds. The zero-order valence-corrected chi connectivity index (χ0v) is 10.8. The van der Waals surface area contributed by atoms with Gasteiger partial charge in [-0.15, -0.1) is 0 Å². The van der Waals surface area contributed by atoms with Crippen molar-refractivity contribution >= 4 is 5.91 Å². The van der Waals surface area contributed by atoms with Crippen molar-refractivity contribution in [2.75, 3.05) is 20.2 Å². The lowest BCUT2D eigenvalue weighted by molar-refractivity contribution is -0.129. The SMILES string of the molecule is CN(CCCCCO)C(=O)Cc1cccc(O)c1. The highest BCUT2D eigenvalue weighted by Gasteiger charge is 2.09. The van der Waals surface area contributed by atoms with Crippen LogP contribution in [0.3, 0.4) is 0 Å². The van der Waals surface area contributed by atoms with Gasteiger partial charge in [-0.1, -0.05) is 12.1 Å². The number of carbonyl (C=O) groups excluding carboxylic acids is 1. The van der Waals surface area contributed by atoms with Gasteiger partial charge in [-0.25, -0.2) is 0 Å². The highest BCUT2D eigenvalue weighted by molar-refractivity contribution is 5.78. The van der Waals surface area contributed by atoms with E-state index < -0.39 is 0 Å². The molecule has 0 unspecified atom stereocenters. The Morgan fingerprint density at radius 2 is 2.06 bits per heavy atom. The van der Waals surface area contributed by atoms with Crippen molar-refractivity contribution in [3.63, 3.8) is 0 Å². The van der Waals surface area contributed by atoms with Crippen LogP contribution < -0.4 is 0 Å². The van der Waals surface area contributed by atoms with Gasteiger partial charge in [-0.3, -0.25) is 4.79 Å². The maximum absolute atomic E-state index is 11.9. The molecule has 0 saturated heterocycles. The molecule has 0 spiro atoms. The number of unbranched alkanes of at least 4 members (excludes halogenated alkanes) is 2. The molecule has 1 aromatic rings. The predicted octanol–water partition coefficient (Wildman–Crippen LogP) is 1.56. The Balaban J connectivity index is 2.35. The maximum Gasteiger partial charge on any atom is 0.226 e. The first-order chi connectivity index (χ1) is 8.63. The molecule has 0 fully saturated rings. The van der Waals surface area contributed by atoms with Gasteiger partial charge in [-0.2, -0.15) is 0 Å². The molecule has 0 atom stereocenters. The van der Waals surface area contributed by atoms with E-state index in [0.717, 1.165) is 24.8 Å². The normalized spacial score (nSPS) is 10.3. The van der Waals surface area contributed by atoms with Gasteiger partial charge < -0.3 is 15.1 Å². The molecule has 4 nitrogen and oxygen atoms in total. The summed E-state index contributed by atoms with van der Waals surface area (Å²) in [5.74, 6) is 0.232. The van der Waals surface area contributed by atoms with Crippen LogP contribution in [0.25, 0.3) is 0 Å². The molecule has 0 saturated carbocycles. The van der Waals surface area contributed by atoms with Crippen LogP contribution in [0.5, 0.6) is 5.75 Å². The van der Waals surface area contributed by atoms with Crippen molar-refractivity contribution in [1.29, 1.82) is 0 Å². The number of phenols is 1. The van der Waals surface area contributed by atoms with Crippen molar-refractivity contribution in [3.8, 4) is 5.75 Å². The third kappa shape index (κ3) is 5.19. The zero-order valence-electron chi connectivity index (χ0n) is 10.8. The first kappa shape index (κ1) is 14.5. The number of rotatable bonds is 7. The van der Waals surface area contributed by atoms with Gasteiger partial charge in [0.1, 0.15) is 5.75 Å². The Kier molecular flexibility index (Phi) is 6.22. The van der Waals surface area contributed by atoms with Gasteiger partial charge in [0.25, 0.3) is 0 Å². The Morgan fingerprint density at radius 3 is 2.72 bits per heavy atom. The number of aromatic hydroxyl groups is 1. The summed E-state index contributed by atoms with van der Waals surface area (Å²) in [6.07, 6.45) is 2.93. The third-order valence-corrected chi connectivity index (χ3v) is 2.84. The minimum Gasteiger partial charge on any atom is -0.508 e. The van der Waals surface area contributed by atoms with Gasteiger partial charge in [0.2, 0.25) is 5.91 Å². The molecule has 1 aromatic carbocycles. The van der Waals surface area contributed by atoms with Crippen molar-refractivity contribution in [3.05, 3.63) is 29.8 Å². The number of hydrogen-bond acceptors (Lipinski definition) is 3. The number of nitrogens with zero attached hydrogens (tertiary/aromatic N) is 1. The molecule has 2 N–H and O–H groups in total. The summed E-state index contributed by atoms with van der Waals surface area (Å²) in [6.45, 7) is 0.915. The van der Waals surface area contributed by atoms with E-state index >= 15 is 0 Å². The molecule has 0 aliphatic carbocycles. The van der Waals surface area contributed by atoms with E-state index in [9.17, 15) is 9.90 Å². The minimum absolute atomic E-state index is 0.0459. The summed E-state index contributed by atoms with van der Waals surface area (Å²) in [4.78, 5) is 13.6. The smallest absolute Gasteiger partial charge is 0.226 e. The molecular weight excluding hydrogens is 230 g/mol. The number of carbonyl (C=O) groups is 1. The number of aliphatic hydroxyl groups is 1. The lowest BCUT2D eigenvalue weighted by Gasteiger charge is -2.17. The average molecular weight is 251 g/mol. The van der Waals surface area contributed by atoms with Crippen LogP contribution in [0, 0.1) is 0 Å². The standard InChI is InChI=1S/C14H21NO3/c1-15(8-3-2-4-9-16)14(18)11-12-6-5-7-13(17)10-12/h5-7,10,16-17H,2-4,8-9,11H2,1H3. The van der Waals surface area contributed by atoms with E-state index in [0.29, 0.717) is 13.0 Å². The first-order valence-electron chi connectivity index (χ1n) is 6.26. The predicted molar refractivity (Wildman–Crippen MR) is 70.4 cm³/mol. The van der Waals surface area contributed by atoms with Crippen LogP contribution in [0.15, 0.2) is 24.3 Å². The van der Waals surface area contributed by atoms with Gasteiger partial charge in [-0.05, 0) is 37.0 Å². The summed E-state index contributed by atoms with van der Waals surface area (Å²) in [6, 6.07) is 6.76. The number of aliphatic hydroxyl groups excluding tert-OH is 1. The first-order valence-corrected chi connectivity index (χ1v) is 6.26. The molecule has 0 aromatic heterocycles. The van der Waals surface area contributed by atoms with E-state index in [1.807, 2.05) is 6.07 Å². The van der Waals surface area contributed by atoms with Gasteiger partial charge in [0.05, 0.1) is 6.42 Å². The van der Waals surface area contributed by atoms with Crippen LogP contribution in [0.2, 0.25) is 0 Å². The lowest BCUT2D eigenvalue weighted by atomic mass is 10.1. The van der Waals surface area contributed by atoms with Gasteiger partial charge in [0, 0.05) is 20.2 Å². The number of likely N-dealkylation sites (N-methyl/N-ethyl adjacent to an activating group) is 1. The summed E-state index contributed by atoms with van der Waals surface area (Å²) in [5, 5.41) is 18.0. The van der Waals surface area contributed by atoms with E-state index in [-0.39, 0.29) is 18.3 Å². The summed E-state index contributed by atoms with van der Waals surface area (Å²) in [5.41, 5.74) is 0.821. The Bertz CT molecular complexity index is 379. The highest BCUT2D eigenvalue weighted by Crippen LogP contribution is 2.12. The fourth-order valence-electron chi connectivity index (χ4n) is 1.74. The zero-order chi connectivity index (χ0) is 13.4. The van der Waals surface area contributed by atoms with Crippen LogP contribution in [0.1, 0.15) is 24.8 Å². The number of benzene rings is 1. The molecule has 0 aliphatic rings. The Morgan fingerprint density at radius 1 is 1.28 bits per heavy atom. The van der Waals surface area contributed by atoms with Gasteiger partial charge >= 0.3 is 0 Å². The van der Waals surface area contributed by atoms with Crippen molar-refractivity contribution in [1.82, 2.24) is 4.90 Å². The number of phenolic OH excluding ortho intramolecular Hbond substituents is 1. The van der Waals surface area contributed by atoms with E-state index in [2.05, 4.69) is 0 Å². The second-order valence-electron chi connectivity index (χ2n) is 4.45. The minimum atomic E-state index is 0.0459. The highest BCUT2D eigenvalue weighted by atomic mass is 16.3. The monoisotopic (exact) mass is 251 g/mol. The average Bonchev–Trinajstić information content (AvgIpc) is 2.34. The molecule has 100 valence electrons. The van der Waals surface area contributed by atoms with E-state index in [4.69, 9.17) is 5.11 Å². The molecule has 0 radical (unpaired) electrons. The van der Waals surface area contributed by atoms with Crippen molar-refractivity contribution in [2.45, 2.75) is 25.7 Å². The van der Waals surface area contributed by atoms with E-state index in [1.54, 1.807) is 30.1 Å². The molecule has 0 aliphatic heterocycles. The number of hydrogen-bond donors (Lipinski definition) is 2. The van der Waals surface area contributed by atoms with Gasteiger partial charge in [0.15, 0.2) is 0 Å². The molecule has 0 heterocycles. The molecule has 0 bridgehead atoms. The summed E-state index contributed by atoms with van der Waals surface area (Å²) < 4.78 is 0. The largest absolute Gasteiger partial charge is 0.508 e. The maximum atomic E-state index is 11.9. The van der Waals surface area contributed by atoms with Crippen LogP contribution >= 0.6 is 0 Å². The Hall–Kier alpha value is -1.55. The van der Waals surface area contributed by atoms with Crippen LogP contribution in [0.4, 0.5) is 0 Å². The van der Waals surface area contributed by atoms with Crippen LogP contribution in [-0.2, 0) is 11.2 Å². The topological polar surface area (TPSA) is 60.8 Å². The summed E-state index contributed by atoms with van der Waals surface area (Å²) in [7, 11) is 1.78. The van der Waals surface area contributed by atoms with E-state index in [1.165, 1.54) is 0 Å². The quantitative estimate of drug-likeness (QED) is 0.723. The fraction of sp³-hybridized carbons (Fsp3) is 0.500. The molecular formula is C14H21NO3. The second kappa shape index (κ2) is 7.71. The van der Waals surface area contributed by atoms with Crippen LogP contribution in [-0.4, -0.2) is 41.2 Å². The Labute approximate surface area is 108 Å². The lowest BCUT2D eigenvalue weighted by Crippen LogP contribution is -2.29. The van der Waals surface area contributed by atoms with Crippen molar-refractivity contribution < 1.29 is 15.0 Å².